The molecule has 0 amide bonds. The van der Waals surface area contributed by atoms with Gasteiger partial charge < -0.3 is 0 Å². The fourth-order valence-corrected chi connectivity index (χ4v) is 0.162. The molecular weight excluding hydrogens is 176 g/mol. The third kappa shape index (κ3) is 9.68. The van der Waals surface area contributed by atoms with Crippen LogP contribution in [0.1, 0.15) is 20.8 Å². The van der Waals surface area contributed by atoms with Gasteiger partial charge >= 0.3 is 0 Å². The Kier molecular flexibility index (Phi) is 6.06. The van der Waals surface area contributed by atoms with Gasteiger partial charge in [0.15, 0.2) is 0 Å². The summed E-state index contributed by atoms with van der Waals surface area (Å²) in [5, 5.41) is 28.6. The SMILES string of the molecule is CC(C)(C)OOOOOOOO. The molecule has 12 heavy (non-hydrogen) atoms. The summed E-state index contributed by atoms with van der Waals surface area (Å²) >= 11 is 0. The monoisotopic (exact) mass is 186 g/mol. The van der Waals surface area contributed by atoms with Gasteiger partial charge in [0.25, 0.3) is 0 Å². The van der Waals surface area contributed by atoms with Crippen LogP contribution in [-0.4, -0.2) is 10.9 Å². The number of hydrogen-bond acceptors (Lipinski definition) is 8. The molecule has 8 nitrogen and oxygen atoms in total. The Morgan fingerprint density at radius 2 is 1.33 bits per heavy atom. The summed E-state index contributed by atoms with van der Waals surface area (Å²) in [4.78, 5) is 4.52. The molecule has 0 radical (unpaired) electrons. The molecule has 1 N–H and O–H groups in total. The Bertz CT molecular complexity index is 97.7. The average Bonchev–Trinajstić information content (AvgIpc) is 1.94. The smallest absolute Gasteiger partial charge is 0.0984 e. The van der Waals surface area contributed by atoms with Crippen molar-refractivity contribution in [2.75, 3.05) is 0 Å². The van der Waals surface area contributed by atoms with Crippen LogP contribution in [0.25, 0.3) is 0 Å². The largest absolute Gasteiger partial charge is 0.219 e. The van der Waals surface area contributed by atoms with Crippen LogP contribution in [0.5, 0.6) is 0 Å². The Morgan fingerprint density at radius 3 is 1.83 bits per heavy atom. The molecule has 74 valence electrons. The standard InChI is InChI=1S/C4H10O8/c1-4(2,3)6-8-10-12-11-9-7-5/h5H,1-3H3. The van der Waals surface area contributed by atoms with E-state index in [-0.39, 0.29) is 0 Å². The van der Waals surface area contributed by atoms with Crippen molar-refractivity contribution >= 4 is 0 Å². The third-order valence-electron chi connectivity index (χ3n) is 0.426. The topological polar surface area (TPSA) is 84.8 Å². The zero-order valence-corrected chi connectivity index (χ0v) is 6.80. The molecule has 8 heteroatoms. The van der Waals surface area contributed by atoms with E-state index in [1.165, 1.54) is 0 Å². The average molecular weight is 186 g/mol. The second kappa shape index (κ2) is 6.22. The lowest BCUT2D eigenvalue weighted by atomic mass is 10.2. The van der Waals surface area contributed by atoms with Crippen molar-refractivity contribution in [3.8, 4) is 0 Å². The van der Waals surface area contributed by atoms with Gasteiger partial charge in [-0.3, -0.25) is 0 Å². The van der Waals surface area contributed by atoms with Gasteiger partial charge in [0.2, 0.25) is 0 Å². The molecule has 0 heterocycles. The van der Waals surface area contributed by atoms with Gasteiger partial charge in [-0.1, -0.05) is 0 Å². The van der Waals surface area contributed by atoms with E-state index in [0.29, 0.717) is 0 Å². The lowest BCUT2D eigenvalue weighted by Gasteiger charge is -2.14. The summed E-state index contributed by atoms with van der Waals surface area (Å²) in [7, 11) is 0. The van der Waals surface area contributed by atoms with Gasteiger partial charge in [-0.05, 0) is 51.0 Å². The normalized spacial score (nSPS) is 12.0. The maximum absolute atomic E-state index is 7.50. The highest BCUT2D eigenvalue weighted by Crippen LogP contribution is 2.06. The van der Waals surface area contributed by atoms with Crippen molar-refractivity contribution in [3.63, 3.8) is 0 Å². The van der Waals surface area contributed by atoms with Crippen molar-refractivity contribution in [1.82, 2.24) is 0 Å². The summed E-state index contributed by atoms with van der Waals surface area (Å²) in [6.45, 7) is 5.14. The minimum Gasteiger partial charge on any atom is -0.219 e. The third-order valence-corrected chi connectivity index (χ3v) is 0.426. The first-order chi connectivity index (χ1) is 5.56. The quantitative estimate of drug-likeness (QED) is 0.371. The first-order valence-electron chi connectivity index (χ1n) is 2.89. The predicted molar refractivity (Wildman–Crippen MR) is 30.0 cm³/mol. The first-order valence-corrected chi connectivity index (χ1v) is 2.89. The molecule has 0 aromatic carbocycles. The van der Waals surface area contributed by atoms with E-state index >= 15 is 0 Å². The molecule has 0 unspecified atom stereocenters. The number of hydrogen-bond donors (Lipinski definition) is 1. The highest BCUT2D eigenvalue weighted by atomic mass is 17.9. The highest BCUT2D eigenvalue weighted by molar-refractivity contribution is 4.53. The fraction of sp³-hybridized carbons (Fsp3) is 1.00. The molecule has 0 aliphatic carbocycles. The van der Waals surface area contributed by atoms with Gasteiger partial charge in [0.1, 0.15) is 0 Å². The molecule has 0 fully saturated rings. The lowest BCUT2D eigenvalue weighted by molar-refractivity contribution is -0.815. The molecule has 0 aromatic rings. The van der Waals surface area contributed by atoms with Crippen molar-refractivity contribution < 1.29 is 40.4 Å². The molecule has 0 saturated carbocycles. The summed E-state index contributed by atoms with van der Waals surface area (Å²) in [6.07, 6.45) is 0. The van der Waals surface area contributed by atoms with Crippen LogP contribution in [0.4, 0.5) is 0 Å². The van der Waals surface area contributed by atoms with Crippen molar-refractivity contribution in [2.24, 2.45) is 0 Å². The van der Waals surface area contributed by atoms with Crippen molar-refractivity contribution in [3.05, 3.63) is 0 Å². The number of rotatable bonds is 6. The minimum absolute atomic E-state index is 0.558. The van der Waals surface area contributed by atoms with E-state index in [2.05, 4.69) is 35.1 Å². The lowest BCUT2D eigenvalue weighted by Crippen LogP contribution is -2.19. The second-order valence-electron chi connectivity index (χ2n) is 2.61. The van der Waals surface area contributed by atoms with Crippen LogP contribution < -0.4 is 0 Å². The molecule has 0 aliphatic rings. The highest BCUT2D eigenvalue weighted by Gasteiger charge is 2.12. The van der Waals surface area contributed by atoms with E-state index in [1.807, 2.05) is 0 Å². The molecule has 0 bridgehead atoms. The Labute approximate surface area is 67.9 Å². The van der Waals surface area contributed by atoms with Crippen molar-refractivity contribution in [1.29, 1.82) is 0 Å². The van der Waals surface area contributed by atoms with Crippen LogP contribution in [0.15, 0.2) is 0 Å². The van der Waals surface area contributed by atoms with E-state index < -0.39 is 5.60 Å². The summed E-state index contributed by atoms with van der Waals surface area (Å²) in [5.41, 5.74) is -0.558. The zero-order valence-electron chi connectivity index (χ0n) is 6.80. The zero-order chi connectivity index (χ0) is 9.45. The molecular formula is C4H10O8. The fourth-order valence-electron chi connectivity index (χ4n) is 0.162. The van der Waals surface area contributed by atoms with Crippen LogP contribution in [0, 0.1) is 0 Å². The van der Waals surface area contributed by atoms with Gasteiger partial charge in [-0.25, -0.2) is 5.26 Å². The van der Waals surface area contributed by atoms with Crippen molar-refractivity contribution in [2.45, 2.75) is 26.4 Å². The predicted octanol–water partition coefficient (Wildman–Crippen LogP) is 0.864. The first kappa shape index (κ1) is 11.7. The summed E-state index contributed by atoms with van der Waals surface area (Å²) in [5.74, 6) is 0. The van der Waals surface area contributed by atoms with Crippen LogP contribution in [0.3, 0.4) is 0 Å². The van der Waals surface area contributed by atoms with Gasteiger partial charge in [0, 0.05) is 0 Å². The minimum atomic E-state index is -0.558. The van der Waals surface area contributed by atoms with Crippen LogP contribution in [-0.2, 0) is 35.1 Å². The Hall–Kier alpha value is -0.320. The summed E-state index contributed by atoms with van der Waals surface area (Å²) in [6, 6.07) is 0. The van der Waals surface area contributed by atoms with E-state index in [9.17, 15) is 0 Å². The summed E-state index contributed by atoms with van der Waals surface area (Å²) < 4.78 is 0. The molecule has 0 spiro atoms. The molecule has 0 aromatic heterocycles. The van der Waals surface area contributed by atoms with Gasteiger partial charge in [-0.2, -0.15) is 4.89 Å². The molecule has 0 rings (SSSR count). The molecule has 0 atom stereocenters. The van der Waals surface area contributed by atoms with E-state index in [1.54, 1.807) is 20.8 Å². The van der Waals surface area contributed by atoms with E-state index in [0.717, 1.165) is 0 Å². The Balaban J connectivity index is 3.01. The molecule has 0 saturated heterocycles. The van der Waals surface area contributed by atoms with Crippen LogP contribution >= 0.6 is 0 Å². The molecule has 0 aliphatic heterocycles. The maximum Gasteiger partial charge on any atom is 0.0984 e. The van der Waals surface area contributed by atoms with Crippen LogP contribution in [0.2, 0.25) is 0 Å². The van der Waals surface area contributed by atoms with Gasteiger partial charge in [0.05, 0.1) is 5.60 Å². The van der Waals surface area contributed by atoms with Gasteiger partial charge in [-0.15, -0.1) is 0 Å². The van der Waals surface area contributed by atoms with E-state index in [4.69, 9.17) is 5.26 Å². The second-order valence-corrected chi connectivity index (χ2v) is 2.61. The Morgan fingerprint density at radius 1 is 0.833 bits per heavy atom. The maximum atomic E-state index is 7.50.